The Labute approximate surface area is 133 Å². The summed E-state index contributed by atoms with van der Waals surface area (Å²) in [7, 11) is 0. The lowest BCUT2D eigenvalue weighted by molar-refractivity contribution is 0.107. The van der Waals surface area contributed by atoms with Crippen LogP contribution in [0.25, 0.3) is 10.2 Å². The lowest BCUT2D eigenvalue weighted by Gasteiger charge is -2.19. The third kappa shape index (κ3) is 3.33. The Morgan fingerprint density at radius 3 is 2.52 bits per heavy atom. The number of hydrogen-bond donors (Lipinski definition) is 1. The number of aliphatic hydroxyl groups is 1. The van der Waals surface area contributed by atoms with Crippen molar-refractivity contribution in [1.29, 1.82) is 0 Å². The minimum Gasteiger partial charge on any atom is -0.390 e. The molecule has 0 bridgehead atoms. The molecule has 0 aliphatic carbocycles. The first-order chi connectivity index (χ1) is 9.61. The van der Waals surface area contributed by atoms with Gasteiger partial charge in [-0.3, -0.25) is 9.36 Å². The maximum Gasteiger partial charge on any atom is 0.263 e. The third-order valence-electron chi connectivity index (χ3n) is 3.27. The topological polar surface area (TPSA) is 55.1 Å². The number of aromatic nitrogens is 2. The summed E-state index contributed by atoms with van der Waals surface area (Å²) >= 11 is 3.00. The Hall–Kier alpha value is -0.850. The molecule has 0 fully saturated rings. The molecule has 0 amide bonds. The molecule has 0 aromatic carbocycles. The maximum atomic E-state index is 12.8. The standard InChI is InChI=1S/C15H22N2O2S2/c1-8(2)17-13(18)11-9(3)10(4)21-12(11)16-14(17)20-7-15(5,6)19/h8,19H,7H2,1-6H3. The van der Waals surface area contributed by atoms with E-state index in [0.717, 1.165) is 20.7 Å². The van der Waals surface area contributed by atoms with E-state index >= 15 is 0 Å². The van der Waals surface area contributed by atoms with Crippen LogP contribution in [0, 0.1) is 13.8 Å². The molecule has 2 aromatic heterocycles. The largest absolute Gasteiger partial charge is 0.390 e. The van der Waals surface area contributed by atoms with Gasteiger partial charge < -0.3 is 5.11 Å². The summed E-state index contributed by atoms with van der Waals surface area (Å²) in [5, 5.41) is 11.3. The van der Waals surface area contributed by atoms with Crippen LogP contribution < -0.4 is 5.56 Å². The van der Waals surface area contributed by atoms with Crippen molar-refractivity contribution >= 4 is 33.3 Å². The van der Waals surface area contributed by atoms with Crippen molar-refractivity contribution in [3.8, 4) is 0 Å². The highest BCUT2D eigenvalue weighted by Crippen LogP contribution is 2.30. The van der Waals surface area contributed by atoms with E-state index in [1.807, 2.05) is 27.7 Å². The molecule has 0 aliphatic heterocycles. The van der Waals surface area contributed by atoms with E-state index < -0.39 is 5.60 Å². The van der Waals surface area contributed by atoms with Crippen LogP contribution >= 0.6 is 23.1 Å². The summed E-state index contributed by atoms with van der Waals surface area (Å²) in [6.07, 6.45) is 0. The molecule has 0 saturated heterocycles. The van der Waals surface area contributed by atoms with Crippen molar-refractivity contribution in [2.75, 3.05) is 5.75 Å². The molecule has 116 valence electrons. The van der Waals surface area contributed by atoms with Crippen LogP contribution in [0.15, 0.2) is 9.95 Å². The molecule has 1 N–H and O–H groups in total. The molecule has 0 atom stereocenters. The monoisotopic (exact) mass is 326 g/mol. The fourth-order valence-electron chi connectivity index (χ4n) is 2.09. The Kier molecular flexibility index (Phi) is 4.52. The Morgan fingerprint density at radius 2 is 2.00 bits per heavy atom. The lowest BCUT2D eigenvalue weighted by Crippen LogP contribution is -2.27. The zero-order valence-corrected chi connectivity index (χ0v) is 15.0. The van der Waals surface area contributed by atoms with E-state index in [-0.39, 0.29) is 11.6 Å². The minimum atomic E-state index is -0.791. The second kappa shape index (κ2) is 5.74. The molecule has 21 heavy (non-hydrogen) atoms. The number of fused-ring (bicyclic) bond motifs is 1. The number of aryl methyl sites for hydroxylation is 2. The summed E-state index contributed by atoms with van der Waals surface area (Å²) in [6, 6.07) is 0.0401. The second-order valence-electron chi connectivity index (χ2n) is 6.23. The smallest absolute Gasteiger partial charge is 0.263 e. The van der Waals surface area contributed by atoms with Gasteiger partial charge in [-0.05, 0) is 47.1 Å². The molecule has 0 radical (unpaired) electrons. The first-order valence-corrected chi connectivity index (χ1v) is 8.79. The van der Waals surface area contributed by atoms with E-state index in [0.29, 0.717) is 10.9 Å². The average molecular weight is 326 g/mol. The molecular formula is C15H22N2O2S2. The Balaban J connectivity index is 2.64. The maximum absolute atomic E-state index is 12.8. The van der Waals surface area contributed by atoms with E-state index in [4.69, 9.17) is 0 Å². The van der Waals surface area contributed by atoms with Gasteiger partial charge in [0.15, 0.2) is 5.16 Å². The van der Waals surface area contributed by atoms with Gasteiger partial charge >= 0.3 is 0 Å². The number of thiophene rings is 1. The quantitative estimate of drug-likeness (QED) is 0.690. The van der Waals surface area contributed by atoms with Gasteiger partial charge in [0.2, 0.25) is 0 Å². The van der Waals surface area contributed by atoms with E-state index in [1.54, 1.807) is 29.8 Å². The van der Waals surface area contributed by atoms with Gasteiger partial charge in [0.25, 0.3) is 5.56 Å². The number of hydrogen-bond acceptors (Lipinski definition) is 5. The highest BCUT2D eigenvalue weighted by Gasteiger charge is 2.20. The molecule has 0 spiro atoms. The van der Waals surface area contributed by atoms with Gasteiger partial charge in [0.05, 0.1) is 11.0 Å². The molecular weight excluding hydrogens is 304 g/mol. The first kappa shape index (κ1) is 16.5. The zero-order chi connectivity index (χ0) is 15.9. The number of rotatable bonds is 4. The van der Waals surface area contributed by atoms with Crippen molar-refractivity contribution in [3.05, 3.63) is 20.8 Å². The van der Waals surface area contributed by atoms with Gasteiger partial charge in [0, 0.05) is 16.7 Å². The molecule has 0 saturated carbocycles. The van der Waals surface area contributed by atoms with Crippen molar-refractivity contribution in [2.45, 2.75) is 58.3 Å². The molecule has 2 rings (SSSR count). The zero-order valence-electron chi connectivity index (χ0n) is 13.4. The van der Waals surface area contributed by atoms with E-state index in [9.17, 15) is 9.90 Å². The molecule has 2 aromatic rings. The SMILES string of the molecule is Cc1sc2nc(SCC(C)(C)O)n(C(C)C)c(=O)c2c1C. The van der Waals surface area contributed by atoms with Crippen LogP contribution in [0.3, 0.4) is 0 Å². The van der Waals surface area contributed by atoms with Gasteiger partial charge in [-0.2, -0.15) is 0 Å². The summed E-state index contributed by atoms with van der Waals surface area (Å²) < 4.78 is 1.73. The van der Waals surface area contributed by atoms with Crippen LogP contribution in [-0.2, 0) is 0 Å². The number of thioether (sulfide) groups is 1. The molecule has 6 heteroatoms. The van der Waals surface area contributed by atoms with E-state index in [2.05, 4.69) is 4.98 Å². The van der Waals surface area contributed by atoms with Gasteiger partial charge in [-0.15, -0.1) is 11.3 Å². The molecule has 4 nitrogen and oxygen atoms in total. The van der Waals surface area contributed by atoms with Crippen molar-refractivity contribution in [3.63, 3.8) is 0 Å². The predicted octanol–water partition coefficient (Wildman–Crippen LogP) is 3.52. The highest BCUT2D eigenvalue weighted by atomic mass is 32.2. The summed E-state index contributed by atoms with van der Waals surface area (Å²) in [5.41, 5.74) is 0.261. The summed E-state index contributed by atoms with van der Waals surface area (Å²) in [5.74, 6) is 0.501. The Morgan fingerprint density at radius 1 is 1.38 bits per heavy atom. The average Bonchev–Trinajstić information content (AvgIpc) is 2.61. The lowest BCUT2D eigenvalue weighted by atomic mass is 10.2. The van der Waals surface area contributed by atoms with Crippen LogP contribution in [0.5, 0.6) is 0 Å². The number of nitrogens with zero attached hydrogens (tertiary/aromatic N) is 2. The van der Waals surface area contributed by atoms with Gasteiger partial charge in [-0.25, -0.2) is 4.98 Å². The predicted molar refractivity (Wildman–Crippen MR) is 90.8 cm³/mol. The molecule has 0 aliphatic rings. The fourth-order valence-corrected chi connectivity index (χ4v) is 4.23. The van der Waals surface area contributed by atoms with Crippen LogP contribution in [0.4, 0.5) is 0 Å². The Bertz CT molecular complexity index is 724. The van der Waals surface area contributed by atoms with Gasteiger partial charge in [-0.1, -0.05) is 11.8 Å². The van der Waals surface area contributed by atoms with Crippen LogP contribution in [0.2, 0.25) is 0 Å². The van der Waals surface area contributed by atoms with Crippen molar-refractivity contribution in [1.82, 2.24) is 9.55 Å². The third-order valence-corrected chi connectivity index (χ3v) is 5.77. The van der Waals surface area contributed by atoms with Crippen LogP contribution in [0.1, 0.15) is 44.2 Å². The normalized spacial score (nSPS) is 12.6. The highest BCUT2D eigenvalue weighted by molar-refractivity contribution is 7.99. The van der Waals surface area contributed by atoms with Crippen LogP contribution in [-0.4, -0.2) is 26.0 Å². The minimum absolute atomic E-state index is 0.0232. The molecule has 0 unspecified atom stereocenters. The second-order valence-corrected chi connectivity index (χ2v) is 8.37. The fraction of sp³-hybridized carbons (Fsp3) is 0.600. The molecule has 2 heterocycles. The van der Waals surface area contributed by atoms with Gasteiger partial charge in [0.1, 0.15) is 4.83 Å². The van der Waals surface area contributed by atoms with E-state index in [1.165, 1.54) is 11.8 Å². The summed E-state index contributed by atoms with van der Waals surface area (Å²) in [6.45, 7) is 11.5. The van der Waals surface area contributed by atoms with Crippen molar-refractivity contribution in [2.24, 2.45) is 0 Å². The van der Waals surface area contributed by atoms with Crippen molar-refractivity contribution < 1.29 is 5.11 Å². The summed E-state index contributed by atoms with van der Waals surface area (Å²) in [4.78, 5) is 19.4. The first-order valence-electron chi connectivity index (χ1n) is 6.99.